The number of ether oxygens (including phenoxy) is 1. The zero-order chi connectivity index (χ0) is 11.3. The molecule has 1 aliphatic rings. The van der Waals surface area contributed by atoms with E-state index in [0.29, 0.717) is 12.8 Å². The first-order chi connectivity index (χ1) is 7.17. The van der Waals surface area contributed by atoms with Crippen molar-refractivity contribution < 1.29 is 14.3 Å². The van der Waals surface area contributed by atoms with Crippen LogP contribution < -0.4 is 0 Å². The van der Waals surface area contributed by atoms with E-state index in [1.807, 2.05) is 0 Å². The minimum atomic E-state index is -0.557. The number of carbonyl (C=O) groups excluding carboxylic acids is 2. The largest absolute Gasteiger partial charge is 0.451 e. The van der Waals surface area contributed by atoms with Gasteiger partial charge >= 0.3 is 6.09 Å². The summed E-state index contributed by atoms with van der Waals surface area (Å²) in [5, 5.41) is 0. The molecule has 1 fully saturated rings. The Labute approximate surface area is 89.0 Å². The molecule has 0 aromatic rings. The summed E-state index contributed by atoms with van der Waals surface area (Å²) in [6.07, 6.45) is 3.70. The van der Waals surface area contributed by atoms with Crippen LogP contribution in [0.15, 0.2) is 17.6 Å². The molecule has 1 amide bonds. The molecule has 1 saturated carbocycles. The number of hydrogen-bond acceptors (Lipinski definition) is 3. The molecular formula is C11H15NO3. The predicted octanol–water partition coefficient (Wildman–Crippen LogP) is 2.14. The molecule has 0 spiro atoms. The second-order valence-corrected chi connectivity index (χ2v) is 3.53. The molecule has 0 aromatic heterocycles. The first-order valence-corrected chi connectivity index (χ1v) is 4.98. The molecule has 1 aliphatic carbocycles. The molecule has 15 heavy (non-hydrogen) atoms. The van der Waals surface area contributed by atoms with Gasteiger partial charge in [-0.2, -0.15) is 4.99 Å². The molecule has 0 unspecified atom stereocenters. The number of methoxy groups -OCH3 is 1. The van der Waals surface area contributed by atoms with Crippen LogP contribution in [0.5, 0.6) is 0 Å². The molecule has 4 heteroatoms. The number of carbonyl (C=O) groups is 2. The van der Waals surface area contributed by atoms with Crippen molar-refractivity contribution in [2.75, 3.05) is 7.11 Å². The summed E-state index contributed by atoms with van der Waals surface area (Å²) >= 11 is 0. The van der Waals surface area contributed by atoms with E-state index in [9.17, 15) is 9.59 Å². The van der Waals surface area contributed by atoms with E-state index in [4.69, 9.17) is 0 Å². The third-order valence-corrected chi connectivity index (χ3v) is 2.59. The van der Waals surface area contributed by atoms with Gasteiger partial charge in [0, 0.05) is 11.6 Å². The number of allylic oxidation sites excluding steroid dienone is 1. The summed E-state index contributed by atoms with van der Waals surface area (Å²) in [7, 11) is 1.30. The van der Waals surface area contributed by atoms with Crippen LogP contribution in [-0.4, -0.2) is 24.7 Å². The molecule has 0 N–H and O–H groups in total. The molecule has 4 nitrogen and oxygen atoms in total. The Balaban J connectivity index is 2.49. The zero-order valence-corrected chi connectivity index (χ0v) is 8.86. The topological polar surface area (TPSA) is 55.7 Å². The van der Waals surface area contributed by atoms with Crippen LogP contribution >= 0.6 is 0 Å². The third kappa shape index (κ3) is 3.31. The van der Waals surface area contributed by atoms with Crippen LogP contribution in [0.1, 0.15) is 25.7 Å². The van der Waals surface area contributed by atoms with Gasteiger partial charge in [0.1, 0.15) is 0 Å². The lowest BCUT2D eigenvalue weighted by atomic mass is 9.85. The number of hydrogen-bond donors (Lipinski definition) is 0. The van der Waals surface area contributed by atoms with E-state index in [1.54, 1.807) is 0 Å². The number of aliphatic imine (C=N–C) groups is 1. The maximum atomic E-state index is 11.3. The van der Waals surface area contributed by atoms with Gasteiger partial charge in [-0.3, -0.25) is 4.79 Å². The summed E-state index contributed by atoms with van der Waals surface area (Å²) in [6.45, 7) is 3.46. The maximum absolute atomic E-state index is 11.3. The Kier molecular flexibility index (Phi) is 4.21. The van der Waals surface area contributed by atoms with Crippen molar-refractivity contribution in [1.82, 2.24) is 0 Å². The lowest BCUT2D eigenvalue weighted by Crippen LogP contribution is -2.21. The quantitative estimate of drug-likeness (QED) is 0.655. The van der Waals surface area contributed by atoms with Crippen molar-refractivity contribution in [3.05, 3.63) is 12.7 Å². The van der Waals surface area contributed by atoms with Crippen molar-refractivity contribution in [3.8, 4) is 0 Å². The average Bonchev–Trinajstić information content (AvgIpc) is 2.29. The van der Waals surface area contributed by atoms with Gasteiger partial charge in [0.15, 0.2) is 5.78 Å². The highest BCUT2D eigenvalue weighted by molar-refractivity contribution is 5.96. The second-order valence-electron chi connectivity index (χ2n) is 3.53. The van der Waals surface area contributed by atoms with Crippen molar-refractivity contribution in [2.24, 2.45) is 10.9 Å². The van der Waals surface area contributed by atoms with Crippen LogP contribution in [0.25, 0.3) is 0 Å². The van der Waals surface area contributed by atoms with Crippen LogP contribution in [0, 0.1) is 5.92 Å². The van der Waals surface area contributed by atoms with Crippen molar-refractivity contribution in [2.45, 2.75) is 25.7 Å². The Morgan fingerprint density at radius 3 is 2.53 bits per heavy atom. The van der Waals surface area contributed by atoms with Crippen molar-refractivity contribution in [1.29, 1.82) is 0 Å². The van der Waals surface area contributed by atoms with Gasteiger partial charge in [-0.1, -0.05) is 6.58 Å². The fourth-order valence-electron chi connectivity index (χ4n) is 1.69. The zero-order valence-electron chi connectivity index (χ0n) is 8.86. The molecule has 0 bridgehead atoms. The van der Waals surface area contributed by atoms with Gasteiger partial charge in [0.2, 0.25) is 0 Å². The SMILES string of the molecule is C=CC(=O)C1CCC(=NC(=O)OC)CC1. The predicted molar refractivity (Wildman–Crippen MR) is 57.0 cm³/mol. The summed E-state index contributed by atoms with van der Waals surface area (Å²) in [5.74, 6) is 0.145. The van der Waals surface area contributed by atoms with E-state index in [0.717, 1.165) is 18.6 Å². The van der Waals surface area contributed by atoms with E-state index in [1.165, 1.54) is 13.2 Å². The Bertz CT molecular complexity index is 297. The minimum Gasteiger partial charge on any atom is -0.451 e. The molecule has 0 heterocycles. The van der Waals surface area contributed by atoms with Gasteiger partial charge in [0.25, 0.3) is 0 Å². The number of rotatable bonds is 2. The normalized spacial score (nSPS) is 20.6. The summed E-state index contributed by atoms with van der Waals surface area (Å²) < 4.78 is 4.44. The molecule has 0 saturated heterocycles. The van der Waals surface area contributed by atoms with Gasteiger partial charge in [-0.15, -0.1) is 0 Å². The highest BCUT2D eigenvalue weighted by Gasteiger charge is 2.22. The number of amides is 1. The first-order valence-electron chi connectivity index (χ1n) is 4.98. The van der Waals surface area contributed by atoms with Gasteiger partial charge in [0.05, 0.1) is 7.11 Å². The molecule has 1 rings (SSSR count). The van der Waals surface area contributed by atoms with Crippen LogP contribution in [0.4, 0.5) is 4.79 Å². The maximum Gasteiger partial charge on any atom is 0.433 e. The lowest BCUT2D eigenvalue weighted by Gasteiger charge is -2.20. The van der Waals surface area contributed by atoms with Crippen molar-refractivity contribution in [3.63, 3.8) is 0 Å². The average molecular weight is 209 g/mol. The van der Waals surface area contributed by atoms with Crippen molar-refractivity contribution >= 4 is 17.6 Å². The van der Waals surface area contributed by atoms with Crippen LogP contribution in [0.2, 0.25) is 0 Å². The summed E-state index contributed by atoms with van der Waals surface area (Å²) in [6, 6.07) is 0. The second kappa shape index (κ2) is 5.44. The van der Waals surface area contributed by atoms with E-state index >= 15 is 0 Å². The van der Waals surface area contributed by atoms with Gasteiger partial charge < -0.3 is 4.74 Å². The smallest absolute Gasteiger partial charge is 0.433 e. The molecule has 0 aliphatic heterocycles. The molecule has 0 aromatic carbocycles. The summed E-state index contributed by atoms with van der Waals surface area (Å²) in [5.41, 5.74) is 0.829. The molecular weight excluding hydrogens is 194 g/mol. The standard InChI is InChI=1S/C11H15NO3/c1-3-10(13)8-4-6-9(7-5-8)12-11(14)15-2/h3,8H,1,4-7H2,2H3. The Morgan fingerprint density at radius 2 is 2.07 bits per heavy atom. The van der Waals surface area contributed by atoms with Gasteiger partial charge in [-0.05, 0) is 31.8 Å². The molecule has 82 valence electrons. The Morgan fingerprint density at radius 1 is 1.47 bits per heavy atom. The minimum absolute atomic E-state index is 0.0547. The number of nitrogens with zero attached hydrogens (tertiary/aromatic N) is 1. The molecule has 0 atom stereocenters. The van der Waals surface area contributed by atoms with Gasteiger partial charge in [-0.25, -0.2) is 4.79 Å². The monoisotopic (exact) mass is 209 g/mol. The third-order valence-electron chi connectivity index (χ3n) is 2.59. The van der Waals surface area contributed by atoms with E-state index in [2.05, 4.69) is 16.3 Å². The summed E-state index contributed by atoms with van der Waals surface area (Å²) in [4.78, 5) is 26.0. The number of ketones is 1. The van der Waals surface area contributed by atoms with Crippen LogP contribution in [0.3, 0.4) is 0 Å². The van der Waals surface area contributed by atoms with E-state index in [-0.39, 0.29) is 11.7 Å². The lowest BCUT2D eigenvalue weighted by molar-refractivity contribution is -0.118. The molecule has 0 radical (unpaired) electrons. The fraction of sp³-hybridized carbons (Fsp3) is 0.545. The highest BCUT2D eigenvalue weighted by Crippen LogP contribution is 2.23. The fourth-order valence-corrected chi connectivity index (χ4v) is 1.69. The van der Waals surface area contributed by atoms with Crippen LogP contribution in [-0.2, 0) is 9.53 Å². The Hall–Kier alpha value is -1.45. The highest BCUT2D eigenvalue weighted by atomic mass is 16.5. The first kappa shape index (κ1) is 11.6. The van der Waals surface area contributed by atoms with E-state index < -0.39 is 6.09 Å².